The molecule has 1 atom stereocenters. The summed E-state index contributed by atoms with van der Waals surface area (Å²) in [7, 11) is 2.12. The van der Waals surface area contributed by atoms with E-state index in [0.29, 0.717) is 12.6 Å². The molecule has 1 unspecified atom stereocenters. The molecule has 0 spiro atoms. The van der Waals surface area contributed by atoms with Gasteiger partial charge in [0.25, 0.3) is 0 Å². The fraction of sp³-hybridized carbons (Fsp3) is 0.923. The first-order valence-electron chi connectivity index (χ1n) is 6.78. The summed E-state index contributed by atoms with van der Waals surface area (Å²) in [6.45, 7) is 6.42. The number of amides is 1. The maximum atomic E-state index is 12.2. The lowest BCUT2D eigenvalue weighted by Gasteiger charge is -2.30. The minimum Gasteiger partial charge on any atom is -0.354 e. The molecule has 1 fully saturated rings. The molecule has 1 heterocycles. The smallest absolute Gasteiger partial charge is 0.227 e. The van der Waals surface area contributed by atoms with Gasteiger partial charge in [0.1, 0.15) is 0 Å². The van der Waals surface area contributed by atoms with E-state index in [4.69, 9.17) is 5.73 Å². The van der Waals surface area contributed by atoms with Crippen molar-refractivity contribution in [1.82, 2.24) is 10.2 Å². The van der Waals surface area contributed by atoms with Crippen LogP contribution in [0.15, 0.2) is 0 Å². The van der Waals surface area contributed by atoms with Gasteiger partial charge < -0.3 is 16.0 Å². The molecule has 1 rings (SSSR count). The number of likely N-dealkylation sites (N-methyl/N-ethyl adjacent to an activating group) is 1. The monoisotopic (exact) mass is 241 g/mol. The number of nitrogens with zero attached hydrogens (tertiary/aromatic N) is 1. The summed E-state index contributed by atoms with van der Waals surface area (Å²) >= 11 is 0. The van der Waals surface area contributed by atoms with Gasteiger partial charge in [0.05, 0.1) is 5.41 Å². The third-order valence-corrected chi connectivity index (χ3v) is 4.40. The summed E-state index contributed by atoms with van der Waals surface area (Å²) in [5.74, 6) is 0.130. The first kappa shape index (κ1) is 14.5. The van der Waals surface area contributed by atoms with Gasteiger partial charge >= 0.3 is 0 Å². The quantitative estimate of drug-likeness (QED) is 0.728. The van der Waals surface area contributed by atoms with Crippen LogP contribution < -0.4 is 11.1 Å². The van der Waals surface area contributed by atoms with Crippen molar-refractivity contribution in [3.8, 4) is 0 Å². The highest BCUT2D eigenvalue weighted by Gasteiger charge is 2.33. The SMILES string of the molecule is CCC(CC)(CN)C(=O)NCC1CCCN1C. The number of likely N-dealkylation sites (tertiary alicyclic amines) is 1. The van der Waals surface area contributed by atoms with Crippen LogP contribution in [-0.2, 0) is 4.79 Å². The van der Waals surface area contributed by atoms with Gasteiger partial charge in [-0.25, -0.2) is 0 Å². The molecular weight excluding hydrogens is 214 g/mol. The van der Waals surface area contributed by atoms with Crippen molar-refractivity contribution < 1.29 is 4.79 Å². The van der Waals surface area contributed by atoms with Crippen molar-refractivity contribution >= 4 is 5.91 Å². The summed E-state index contributed by atoms with van der Waals surface area (Å²) in [4.78, 5) is 14.5. The molecule has 0 bridgehead atoms. The predicted molar refractivity (Wildman–Crippen MR) is 70.7 cm³/mol. The van der Waals surface area contributed by atoms with E-state index in [9.17, 15) is 4.79 Å². The van der Waals surface area contributed by atoms with Crippen LogP contribution in [0.3, 0.4) is 0 Å². The van der Waals surface area contributed by atoms with Crippen molar-refractivity contribution in [3.05, 3.63) is 0 Å². The standard InChI is InChI=1S/C13H27N3O/c1-4-13(5-2,10-14)12(17)15-9-11-7-6-8-16(11)3/h11H,4-10,14H2,1-3H3,(H,15,17). The Bertz CT molecular complexity index is 243. The highest BCUT2D eigenvalue weighted by Crippen LogP contribution is 2.25. The number of carbonyl (C=O) groups excluding carboxylic acids is 1. The van der Waals surface area contributed by atoms with Crippen LogP contribution in [0, 0.1) is 5.41 Å². The molecule has 1 aliphatic heterocycles. The molecular formula is C13H27N3O. The number of carbonyl (C=O) groups is 1. The molecule has 1 aliphatic rings. The van der Waals surface area contributed by atoms with Crippen LogP contribution in [-0.4, -0.2) is 43.5 Å². The Labute approximate surface area is 105 Å². The lowest BCUT2D eigenvalue weighted by atomic mass is 9.81. The second kappa shape index (κ2) is 6.36. The van der Waals surface area contributed by atoms with Crippen LogP contribution in [0.25, 0.3) is 0 Å². The van der Waals surface area contributed by atoms with Gasteiger partial charge in [-0.1, -0.05) is 13.8 Å². The van der Waals surface area contributed by atoms with E-state index in [1.165, 1.54) is 12.8 Å². The summed E-state index contributed by atoms with van der Waals surface area (Å²) in [6, 6.07) is 0.503. The Morgan fingerprint density at radius 2 is 2.12 bits per heavy atom. The zero-order valence-electron chi connectivity index (χ0n) is 11.5. The minimum absolute atomic E-state index is 0.130. The van der Waals surface area contributed by atoms with E-state index in [1.807, 2.05) is 13.8 Å². The Morgan fingerprint density at radius 3 is 2.53 bits per heavy atom. The number of nitrogens with one attached hydrogen (secondary N) is 1. The molecule has 4 heteroatoms. The normalized spacial score (nSPS) is 21.8. The molecule has 4 nitrogen and oxygen atoms in total. The first-order chi connectivity index (χ1) is 8.09. The molecule has 17 heavy (non-hydrogen) atoms. The van der Waals surface area contributed by atoms with Crippen molar-refractivity contribution in [2.24, 2.45) is 11.1 Å². The maximum absolute atomic E-state index is 12.2. The Morgan fingerprint density at radius 1 is 1.47 bits per heavy atom. The lowest BCUT2D eigenvalue weighted by molar-refractivity contribution is -0.131. The number of hydrogen-bond acceptors (Lipinski definition) is 3. The number of rotatable bonds is 6. The van der Waals surface area contributed by atoms with E-state index >= 15 is 0 Å². The zero-order valence-corrected chi connectivity index (χ0v) is 11.5. The van der Waals surface area contributed by atoms with E-state index in [-0.39, 0.29) is 11.3 Å². The molecule has 0 saturated carbocycles. The van der Waals surface area contributed by atoms with Crippen LogP contribution in [0.1, 0.15) is 39.5 Å². The van der Waals surface area contributed by atoms with Crippen molar-refractivity contribution in [1.29, 1.82) is 0 Å². The third-order valence-electron chi connectivity index (χ3n) is 4.40. The Kier molecular flexibility index (Phi) is 5.40. The van der Waals surface area contributed by atoms with Gasteiger partial charge in [0.15, 0.2) is 0 Å². The van der Waals surface area contributed by atoms with Gasteiger partial charge in [-0.3, -0.25) is 4.79 Å². The lowest BCUT2D eigenvalue weighted by Crippen LogP contribution is -2.48. The van der Waals surface area contributed by atoms with E-state index in [1.54, 1.807) is 0 Å². The largest absolute Gasteiger partial charge is 0.354 e. The molecule has 0 aliphatic carbocycles. The number of nitrogens with two attached hydrogens (primary N) is 1. The van der Waals surface area contributed by atoms with E-state index in [0.717, 1.165) is 25.9 Å². The van der Waals surface area contributed by atoms with Crippen LogP contribution >= 0.6 is 0 Å². The van der Waals surface area contributed by atoms with Crippen molar-refractivity contribution in [2.45, 2.75) is 45.6 Å². The molecule has 0 aromatic rings. The minimum atomic E-state index is -0.364. The van der Waals surface area contributed by atoms with Gasteiger partial charge in [0.2, 0.25) is 5.91 Å². The number of hydrogen-bond donors (Lipinski definition) is 2. The molecule has 100 valence electrons. The average Bonchev–Trinajstić information content (AvgIpc) is 2.75. The summed E-state index contributed by atoms with van der Waals surface area (Å²) in [5, 5.41) is 3.09. The van der Waals surface area contributed by atoms with Crippen LogP contribution in [0.5, 0.6) is 0 Å². The fourth-order valence-corrected chi connectivity index (χ4v) is 2.59. The van der Waals surface area contributed by atoms with Crippen LogP contribution in [0.2, 0.25) is 0 Å². The Balaban J connectivity index is 2.47. The highest BCUT2D eigenvalue weighted by atomic mass is 16.2. The first-order valence-corrected chi connectivity index (χ1v) is 6.78. The van der Waals surface area contributed by atoms with Crippen molar-refractivity contribution in [3.63, 3.8) is 0 Å². The van der Waals surface area contributed by atoms with Gasteiger partial charge in [-0.15, -0.1) is 0 Å². The van der Waals surface area contributed by atoms with E-state index in [2.05, 4.69) is 17.3 Å². The zero-order chi connectivity index (χ0) is 12.9. The van der Waals surface area contributed by atoms with E-state index < -0.39 is 0 Å². The summed E-state index contributed by atoms with van der Waals surface area (Å²) in [5.41, 5.74) is 5.41. The Hall–Kier alpha value is -0.610. The van der Waals surface area contributed by atoms with Gasteiger partial charge in [0, 0.05) is 19.1 Å². The van der Waals surface area contributed by atoms with Crippen molar-refractivity contribution in [2.75, 3.05) is 26.7 Å². The molecule has 0 radical (unpaired) electrons. The molecule has 0 aromatic carbocycles. The molecule has 0 aromatic heterocycles. The fourth-order valence-electron chi connectivity index (χ4n) is 2.59. The summed E-state index contributed by atoms with van der Waals surface area (Å²) < 4.78 is 0. The van der Waals surface area contributed by atoms with Crippen LogP contribution in [0.4, 0.5) is 0 Å². The highest BCUT2D eigenvalue weighted by molar-refractivity contribution is 5.82. The second-order valence-corrected chi connectivity index (χ2v) is 5.18. The molecule has 3 N–H and O–H groups in total. The maximum Gasteiger partial charge on any atom is 0.227 e. The van der Waals surface area contributed by atoms with Gasteiger partial charge in [-0.2, -0.15) is 0 Å². The van der Waals surface area contributed by atoms with Gasteiger partial charge in [-0.05, 0) is 39.3 Å². The third kappa shape index (κ3) is 3.19. The average molecular weight is 241 g/mol. The second-order valence-electron chi connectivity index (χ2n) is 5.18. The predicted octanol–water partition coefficient (Wildman–Crippen LogP) is 0.962. The molecule has 1 saturated heterocycles. The topological polar surface area (TPSA) is 58.4 Å². The molecule has 1 amide bonds. The summed E-state index contributed by atoms with van der Waals surface area (Å²) in [6.07, 6.45) is 4.05.